The molecule has 0 bridgehead atoms. The van der Waals surface area contributed by atoms with E-state index in [0.29, 0.717) is 11.3 Å². The molecule has 0 fully saturated rings. The molecular formula is C16H18F3N3O2S. The van der Waals surface area contributed by atoms with E-state index in [4.69, 9.17) is 4.74 Å². The summed E-state index contributed by atoms with van der Waals surface area (Å²) >= 11 is 0. The first-order chi connectivity index (χ1) is 11.5. The molecule has 0 saturated carbocycles. The molecule has 0 unspecified atom stereocenters. The van der Waals surface area contributed by atoms with Crippen LogP contribution in [0, 0.1) is 0 Å². The van der Waals surface area contributed by atoms with Crippen LogP contribution in [0.3, 0.4) is 0 Å². The molecule has 0 aliphatic rings. The van der Waals surface area contributed by atoms with Gasteiger partial charge in [0.2, 0.25) is 5.88 Å². The molecule has 0 saturated heterocycles. The van der Waals surface area contributed by atoms with Crippen LogP contribution in [-0.4, -0.2) is 32.1 Å². The average molecular weight is 373 g/mol. The van der Waals surface area contributed by atoms with Crippen molar-refractivity contribution in [2.45, 2.75) is 31.7 Å². The van der Waals surface area contributed by atoms with E-state index in [2.05, 4.69) is 9.50 Å². The first kappa shape index (κ1) is 19.2. The van der Waals surface area contributed by atoms with Gasteiger partial charge in [0.05, 0.1) is 17.5 Å². The van der Waals surface area contributed by atoms with E-state index >= 15 is 0 Å². The van der Waals surface area contributed by atoms with E-state index in [1.807, 2.05) is 20.8 Å². The fourth-order valence-corrected chi connectivity index (χ4v) is 2.33. The Balaban J connectivity index is 2.27. The van der Waals surface area contributed by atoms with Crippen molar-refractivity contribution in [1.29, 1.82) is 0 Å². The summed E-state index contributed by atoms with van der Waals surface area (Å²) in [5.74, 6) is -0.0254. The minimum atomic E-state index is -4.55. The monoisotopic (exact) mass is 373 g/mol. The van der Waals surface area contributed by atoms with Gasteiger partial charge in [0, 0.05) is 12.3 Å². The van der Waals surface area contributed by atoms with Crippen LogP contribution in [0.4, 0.5) is 13.2 Å². The lowest BCUT2D eigenvalue weighted by atomic mass is 10.2. The number of hydrogen-bond acceptors (Lipinski definition) is 3. The number of halogens is 3. The van der Waals surface area contributed by atoms with Gasteiger partial charge in [0.1, 0.15) is 11.0 Å². The first-order valence-corrected chi connectivity index (χ1v) is 8.41. The summed E-state index contributed by atoms with van der Waals surface area (Å²) in [7, 11) is -0.110. The number of methoxy groups -OCH3 is 1. The van der Waals surface area contributed by atoms with Gasteiger partial charge in [0.15, 0.2) is 5.69 Å². The van der Waals surface area contributed by atoms with E-state index in [0.717, 1.165) is 10.7 Å². The first-order valence-electron chi connectivity index (χ1n) is 7.30. The molecule has 1 heterocycles. The fourth-order valence-electron chi connectivity index (χ4n) is 1.80. The molecule has 0 N–H and O–H groups in total. The lowest BCUT2D eigenvalue weighted by molar-refractivity contribution is -0.141. The Kier molecular flexibility index (Phi) is 5.36. The Labute approximate surface area is 146 Å². The third kappa shape index (κ3) is 4.68. The minimum Gasteiger partial charge on any atom is -0.481 e. The third-order valence-corrected chi connectivity index (χ3v) is 4.48. The molecule has 1 atom stereocenters. The summed E-state index contributed by atoms with van der Waals surface area (Å²) < 4.78 is 59.8. The van der Waals surface area contributed by atoms with Crippen LogP contribution in [0.5, 0.6) is 5.88 Å². The number of ether oxygens (including phenoxy) is 1. The zero-order valence-electron chi connectivity index (χ0n) is 14.2. The molecular weight excluding hydrogens is 355 g/mol. The quantitative estimate of drug-likeness (QED) is 0.767. The topological polar surface area (TPSA) is 56.5 Å². The SMILES string of the molecule is COc1cc(C(F)(F)F)nn1-c1ccc(C=N[S@@](=O)C(C)(C)C)cc1. The second-order valence-corrected chi connectivity index (χ2v) is 8.10. The summed E-state index contributed by atoms with van der Waals surface area (Å²) in [6, 6.07) is 7.29. The van der Waals surface area contributed by atoms with Crippen LogP contribution >= 0.6 is 0 Å². The predicted octanol–water partition coefficient (Wildman–Crippen LogP) is 3.78. The molecule has 5 nitrogen and oxygen atoms in total. The highest BCUT2D eigenvalue weighted by Gasteiger charge is 2.35. The smallest absolute Gasteiger partial charge is 0.435 e. The number of rotatable bonds is 4. The highest BCUT2D eigenvalue weighted by molar-refractivity contribution is 7.85. The maximum Gasteiger partial charge on any atom is 0.435 e. The zero-order chi connectivity index (χ0) is 18.8. The largest absolute Gasteiger partial charge is 0.481 e. The van der Waals surface area contributed by atoms with E-state index in [9.17, 15) is 17.4 Å². The Bertz CT molecular complexity index is 790. The van der Waals surface area contributed by atoms with Crippen molar-refractivity contribution in [2.24, 2.45) is 4.40 Å². The average Bonchev–Trinajstić information content (AvgIpc) is 2.96. The van der Waals surface area contributed by atoms with Crippen LogP contribution in [0.15, 0.2) is 34.7 Å². The zero-order valence-corrected chi connectivity index (χ0v) is 15.0. The van der Waals surface area contributed by atoms with E-state index < -0.39 is 27.6 Å². The van der Waals surface area contributed by atoms with Crippen LogP contribution < -0.4 is 4.74 Å². The Hall–Kier alpha value is -2.16. The predicted molar refractivity (Wildman–Crippen MR) is 90.6 cm³/mol. The van der Waals surface area contributed by atoms with Crippen LogP contribution in [-0.2, 0) is 17.2 Å². The number of aromatic nitrogens is 2. The second kappa shape index (κ2) is 6.99. The van der Waals surface area contributed by atoms with Crippen molar-refractivity contribution in [3.8, 4) is 11.6 Å². The van der Waals surface area contributed by atoms with Crippen molar-refractivity contribution < 1.29 is 22.1 Å². The summed E-state index contributed by atoms with van der Waals surface area (Å²) in [6.07, 6.45) is -3.09. The van der Waals surface area contributed by atoms with Crippen molar-refractivity contribution >= 4 is 17.2 Å². The van der Waals surface area contributed by atoms with Gasteiger partial charge < -0.3 is 4.74 Å². The van der Waals surface area contributed by atoms with Crippen LogP contribution in [0.1, 0.15) is 32.0 Å². The molecule has 0 aliphatic heterocycles. The lowest BCUT2D eigenvalue weighted by Crippen LogP contribution is -2.19. The summed E-state index contributed by atoms with van der Waals surface area (Å²) in [5, 5.41) is 3.54. The van der Waals surface area contributed by atoms with Crippen molar-refractivity contribution in [3.05, 3.63) is 41.6 Å². The molecule has 1 aromatic heterocycles. The van der Waals surface area contributed by atoms with Gasteiger partial charge in [-0.2, -0.15) is 22.7 Å². The third-order valence-electron chi connectivity index (χ3n) is 3.14. The van der Waals surface area contributed by atoms with Gasteiger partial charge in [0.25, 0.3) is 0 Å². The number of benzene rings is 1. The highest BCUT2D eigenvalue weighted by Crippen LogP contribution is 2.32. The molecule has 1 aromatic carbocycles. The maximum atomic E-state index is 12.8. The minimum absolute atomic E-state index is 0.0254. The Morgan fingerprint density at radius 1 is 1.20 bits per heavy atom. The van der Waals surface area contributed by atoms with Gasteiger partial charge >= 0.3 is 6.18 Å². The standard InChI is InChI=1S/C16H18F3N3O2S/c1-15(2,3)25(23)20-10-11-5-7-12(8-6-11)22-14(24-4)9-13(21-22)16(17,18)19/h5-10H,1-4H3/t25-/m0/s1. The molecule has 25 heavy (non-hydrogen) atoms. The van der Waals surface area contributed by atoms with Crippen molar-refractivity contribution in [2.75, 3.05) is 7.11 Å². The van der Waals surface area contributed by atoms with E-state index in [1.54, 1.807) is 24.3 Å². The van der Waals surface area contributed by atoms with Crippen LogP contribution in [0.2, 0.25) is 0 Å². The Morgan fingerprint density at radius 3 is 2.28 bits per heavy atom. The summed E-state index contributed by atoms with van der Waals surface area (Å²) in [5.41, 5.74) is 0.0422. The summed E-state index contributed by atoms with van der Waals surface area (Å²) in [6.45, 7) is 5.43. The molecule has 0 aliphatic carbocycles. The van der Waals surface area contributed by atoms with Gasteiger partial charge in [-0.1, -0.05) is 12.1 Å². The Morgan fingerprint density at radius 2 is 1.80 bits per heavy atom. The molecule has 2 rings (SSSR count). The maximum absolute atomic E-state index is 12.8. The fraction of sp³-hybridized carbons (Fsp3) is 0.375. The van der Waals surface area contributed by atoms with Gasteiger partial charge in [-0.25, -0.2) is 8.89 Å². The number of alkyl halides is 3. The molecule has 0 radical (unpaired) electrons. The van der Waals surface area contributed by atoms with Gasteiger partial charge in [-0.3, -0.25) is 0 Å². The molecule has 136 valence electrons. The van der Waals surface area contributed by atoms with Crippen LogP contribution in [0.25, 0.3) is 5.69 Å². The number of nitrogens with zero attached hydrogens (tertiary/aromatic N) is 3. The summed E-state index contributed by atoms with van der Waals surface area (Å²) in [4.78, 5) is 0. The lowest BCUT2D eigenvalue weighted by Gasteiger charge is -2.12. The van der Waals surface area contributed by atoms with Crippen molar-refractivity contribution in [1.82, 2.24) is 9.78 Å². The molecule has 2 aromatic rings. The van der Waals surface area contributed by atoms with E-state index in [1.165, 1.54) is 13.3 Å². The highest BCUT2D eigenvalue weighted by atomic mass is 32.2. The van der Waals surface area contributed by atoms with Crippen molar-refractivity contribution in [3.63, 3.8) is 0 Å². The second-order valence-electron chi connectivity index (χ2n) is 6.17. The van der Waals surface area contributed by atoms with Gasteiger partial charge in [-0.05, 0) is 38.5 Å². The molecule has 9 heteroatoms. The van der Waals surface area contributed by atoms with Gasteiger partial charge in [-0.15, -0.1) is 0 Å². The van der Waals surface area contributed by atoms with E-state index in [-0.39, 0.29) is 5.88 Å². The molecule has 0 spiro atoms. The normalized spacial score (nSPS) is 14.0. The molecule has 0 amide bonds. The number of hydrogen-bond donors (Lipinski definition) is 0.